The number of benzene rings is 1. The van der Waals surface area contributed by atoms with Gasteiger partial charge in [-0.1, -0.05) is 11.6 Å². The molecule has 4 saturated carbocycles. The van der Waals surface area contributed by atoms with Crippen molar-refractivity contribution in [2.45, 2.75) is 51.5 Å². The molecule has 1 amide bonds. The number of nitriles is 1. The summed E-state index contributed by atoms with van der Waals surface area (Å²) in [5, 5.41) is 16.2. The van der Waals surface area contributed by atoms with Gasteiger partial charge in [0, 0.05) is 23.0 Å². The molecule has 0 aromatic heterocycles. The average Bonchev–Trinajstić information content (AvgIpc) is 2.62. The van der Waals surface area contributed by atoms with Gasteiger partial charge in [-0.3, -0.25) is 4.79 Å². The van der Waals surface area contributed by atoms with Crippen molar-refractivity contribution in [2.75, 3.05) is 5.32 Å². The summed E-state index contributed by atoms with van der Waals surface area (Å²) in [5.41, 5.74) is 1.12. The van der Waals surface area contributed by atoms with Crippen molar-refractivity contribution in [3.8, 4) is 6.07 Å². The van der Waals surface area contributed by atoms with Crippen molar-refractivity contribution in [2.24, 2.45) is 23.2 Å². The lowest BCUT2D eigenvalue weighted by molar-refractivity contribution is -0.122. The van der Waals surface area contributed by atoms with E-state index in [1.54, 1.807) is 12.1 Å². The monoisotopic (exact) mass is 383 g/mol. The number of hydrogen-bond acceptors (Lipinski definition) is 3. The van der Waals surface area contributed by atoms with Crippen molar-refractivity contribution in [3.63, 3.8) is 0 Å². The van der Waals surface area contributed by atoms with E-state index < -0.39 is 0 Å². The first kappa shape index (κ1) is 18.4. The zero-order valence-electron chi connectivity index (χ0n) is 15.7. The van der Waals surface area contributed by atoms with E-state index in [1.165, 1.54) is 44.7 Å². The molecule has 0 radical (unpaired) electrons. The normalized spacial score (nSPS) is 32.6. The lowest BCUT2D eigenvalue weighted by atomic mass is 9.48. The molecule has 0 spiro atoms. The summed E-state index contributed by atoms with van der Waals surface area (Å²) >= 11 is 5.88. The minimum atomic E-state index is -0.290. The molecule has 4 fully saturated rings. The van der Waals surface area contributed by atoms with E-state index in [9.17, 15) is 10.1 Å². The molecule has 1 unspecified atom stereocenters. The summed E-state index contributed by atoms with van der Waals surface area (Å²) in [6.45, 7) is 2.13. The maximum atomic E-state index is 12.7. The first-order valence-electron chi connectivity index (χ1n) is 9.91. The Hall–Kier alpha value is -1.99. The SMILES string of the molecule is CC(NC(=O)/C(C#N)=C\Nc1ccc(Cl)cc1)C12CC3CC(CC(C3)C1)C2. The van der Waals surface area contributed by atoms with Crippen LogP contribution in [-0.4, -0.2) is 11.9 Å². The number of amides is 1. The number of halogens is 1. The van der Waals surface area contributed by atoms with Crippen LogP contribution in [0.25, 0.3) is 0 Å². The van der Waals surface area contributed by atoms with E-state index in [4.69, 9.17) is 11.6 Å². The van der Waals surface area contributed by atoms with Crippen LogP contribution in [0.5, 0.6) is 0 Å². The Balaban J connectivity index is 1.42. The highest BCUT2D eigenvalue weighted by Crippen LogP contribution is 2.61. The van der Waals surface area contributed by atoms with E-state index in [0.717, 1.165) is 23.4 Å². The second-order valence-electron chi connectivity index (χ2n) is 8.80. The van der Waals surface area contributed by atoms with Crippen molar-refractivity contribution in [1.82, 2.24) is 5.32 Å². The second-order valence-corrected chi connectivity index (χ2v) is 9.23. The number of anilines is 1. The smallest absolute Gasteiger partial charge is 0.263 e. The summed E-state index contributed by atoms with van der Waals surface area (Å²) in [7, 11) is 0. The lowest BCUT2D eigenvalue weighted by Crippen LogP contribution is -2.56. The number of carbonyl (C=O) groups is 1. The van der Waals surface area contributed by atoms with Crippen LogP contribution in [0, 0.1) is 34.5 Å². The minimum Gasteiger partial charge on any atom is -0.360 e. The highest BCUT2D eigenvalue weighted by molar-refractivity contribution is 6.30. The van der Waals surface area contributed by atoms with Gasteiger partial charge in [0.15, 0.2) is 0 Å². The first-order valence-corrected chi connectivity index (χ1v) is 10.3. The van der Waals surface area contributed by atoms with Crippen molar-refractivity contribution in [1.29, 1.82) is 5.26 Å². The fourth-order valence-corrected chi connectivity index (χ4v) is 6.11. The van der Waals surface area contributed by atoms with Gasteiger partial charge in [-0.15, -0.1) is 0 Å². The third-order valence-electron chi connectivity index (χ3n) is 6.94. The number of nitrogens with one attached hydrogen (secondary N) is 2. The molecule has 2 N–H and O–H groups in total. The van der Waals surface area contributed by atoms with Gasteiger partial charge in [-0.2, -0.15) is 5.26 Å². The summed E-state index contributed by atoms with van der Waals surface area (Å²) in [6, 6.07) is 9.27. The Bertz CT molecular complexity index is 757. The summed E-state index contributed by atoms with van der Waals surface area (Å²) in [6.07, 6.45) is 9.32. The molecule has 5 rings (SSSR count). The molecule has 4 aliphatic carbocycles. The van der Waals surface area contributed by atoms with Gasteiger partial charge in [0.2, 0.25) is 0 Å². The molecule has 142 valence electrons. The van der Waals surface area contributed by atoms with Gasteiger partial charge in [-0.25, -0.2) is 0 Å². The molecule has 4 aliphatic rings. The average molecular weight is 384 g/mol. The van der Waals surface area contributed by atoms with Crippen molar-refractivity contribution in [3.05, 3.63) is 41.1 Å². The van der Waals surface area contributed by atoms with Crippen LogP contribution in [0.2, 0.25) is 5.02 Å². The van der Waals surface area contributed by atoms with Crippen molar-refractivity contribution < 1.29 is 4.79 Å². The van der Waals surface area contributed by atoms with E-state index in [2.05, 4.69) is 17.6 Å². The molecule has 1 atom stereocenters. The predicted octanol–water partition coefficient (Wildman–Crippen LogP) is 4.88. The Labute approximate surface area is 166 Å². The Morgan fingerprint density at radius 2 is 1.74 bits per heavy atom. The highest BCUT2D eigenvalue weighted by Gasteiger charge is 2.53. The summed E-state index contributed by atoms with van der Waals surface area (Å²) < 4.78 is 0. The van der Waals surface area contributed by atoms with Crippen LogP contribution >= 0.6 is 11.6 Å². The topological polar surface area (TPSA) is 64.9 Å². The first-order chi connectivity index (χ1) is 13.0. The van der Waals surface area contributed by atoms with E-state index in [0.29, 0.717) is 5.02 Å². The number of carbonyl (C=O) groups excluding carboxylic acids is 1. The molecule has 0 aliphatic heterocycles. The third kappa shape index (κ3) is 3.71. The Morgan fingerprint density at radius 1 is 1.19 bits per heavy atom. The number of hydrogen-bond donors (Lipinski definition) is 2. The summed E-state index contributed by atoms with van der Waals surface area (Å²) in [4.78, 5) is 12.7. The molecule has 1 aromatic rings. The fraction of sp³-hybridized carbons (Fsp3) is 0.545. The van der Waals surface area contributed by atoms with Crippen LogP contribution < -0.4 is 10.6 Å². The Morgan fingerprint density at radius 3 is 2.26 bits per heavy atom. The van der Waals surface area contributed by atoms with Gasteiger partial charge in [0.05, 0.1) is 0 Å². The standard InChI is InChI=1S/C22H26ClN3O/c1-14(22-9-15-6-16(10-22)8-17(7-15)11-22)26-21(27)18(12-24)13-25-20-4-2-19(23)3-5-20/h2-5,13-17,25H,6-11H2,1H3,(H,26,27)/b18-13-. The van der Waals surface area contributed by atoms with Gasteiger partial charge in [-0.05, 0) is 92.9 Å². The van der Waals surface area contributed by atoms with Gasteiger partial charge >= 0.3 is 0 Å². The van der Waals surface area contributed by atoms with Crippen molar-refractivity contribution >= 4 is 23.2 Å². The minimum absolute atomic E-state index is 0.0986. The number of rotatable bonds is 5. The molecular formula is C22H26ClN3O. The molecule has 1 aromatic carbocycles. The molecule has 27 heavy (non-hydrogen) atoms. The van der Waals surface area contributed by atoms with Crippen LogP contribution in [0.4, 0.5) is 5.69 Å². The fourth-order valence-electron chi connectivity index (χ4n) is 5.99. The molecule has 5 heteroatoms. The quantitative estimate of drug-likeness (QED) is 0.562. The zero-order valence-corrected chi connectivity index (χ0v) is 16.4. The predicted molar refractivity (Wildman–Crippen MR) is 107 cm³/mol. The van der Waals surface area contributed by atoms with Crippen LogP contribution in [0.3, 0.4) is 0 Å². The molecule has 4 nitrogen and oxygen atoms in total. The largest absolute Gasteiger partial charge is 0.360 e. The highest BCUT2D eigenvalue weighted by atomic mass is 35.5. The molecule has 0 saturated heterocycles. The van der Waals surface area contributed by atoms with Gasteiger partial charge < -0.3 is 10.6 Å². The molecular weight excluding hydrogens is 358 g/mol. The number of nitrogens with zero attached hydrogens (tertiary/aromatic N) is 1. The van der Waals surface area contributed by atoms with Gasteiger partial charge in [0.1, 0.15) is 11.6 Å². The molecule has 4 bridgehead atoms. The molecule has 0 heterocycles. The van der Waals surface area contributed by atoms with E-state index in [-0.39, 0.29) is 22.9 Å². The maximum absolute atomic E-state index is 12.7. The summed E-state index contributed by atoms with van der Waals surface area (Å²) in [5.74, 6) is 2.23. The van der Waals surface area contributed by atoms with Crippen LogP contribution in [-0.2, 0) is 4.79 Å². The second kappa shape index (κ2) is 7.20. The third-order valence-corrected chi connectivity index (χ3v) is 7.20. The zero-order chi connectivity index (χ0) is 19.0. The van der Waals surface area contributed by atoms with E-state index in [1.807, 2.05) is 18.2 Å². The van der Waals surface area contributed by atoms with E-state index >= 15 is 0 Å². The Kier molecular flexibility index (Phi) is 4.90. The lowest BCUT2D eigenvalue weighted by Gasteiger charge is -2.59. The van der Waals surface area contributed by atoms with Crippen LogP contribution in [0.1, 0.15) is 45.4 Å². The van der Waals surface area contributed by atoms with Crippen LogP contribution in [0.15, 0.2) is 36.0 Å². The van der Waals surface area contributed by atoms with Gasteiger partial charge in [0.25, 0.3) is 5.91 Å². The maximum Gasteiger partial charge on any atom is 0.263 e.